The molecule has 0 bridgehead atoms. The normalized spacial score (nSPS) is 27.2. The van der Waals surface area contributed by atoms with Gasteiger partial charge in [0.05, 0.1) is 23.5 Å². The molecule has 4 aromatic rings. The fourth-order valence-corrected chi connectivity index (χ4v) is 13.0. The minimum absolute atomic E-state index is 0.0524. The summed E-state index contributed by atoms with van der Waals surface area (Å²) >= 11 is 0. The van der Waals surface area contributed by atoms with Crippen molar-refractivity contribution in [1.29, 1.82) is 0 Å². The minimum atomic E-state index is -0.816. The molecule has 4 atom stereocenters. The topological polar surface area (TPSA) is 204 Å². The van der Waals surface area contributed by atoms with Crippen LogP contribution in [0.25, 0.3) is 11.3 Å². The zero-order valence-corrected chi connectivity index (χ0v) is 41.1. The molecule has 17 heteroatoms. The summed E-state index contributed by atoms with van der Waals surface area (Å²) < 4.78 is 0. The fraction of sp³-hybridized carbons (Fsp3) is 0.545. The second-order valence-corrected chi connectivity index (χ2v) is 21.6. The fourth-order valence-electron chi connectivity index (χ4n) is 13.0. The van der Waals surface area contributed by atoms with Crippen molar-refractivity contribution in [3.05, 3.63) is 83.7 Å². The van der Waals surface area contributed by atoms with Crippen LogP contribution in [0.2, 0.25) is 0 Å². The largest absolute Gasteiger partial charge is 0.507 e. The van der Waals surface area contributed by atoms with Crippen LogP contribution in [0.15, 0.2) is 67.0 Å². The third-order valence-corrected chi connectivity index (χ3v) is 17.3. The first-order chi connectivity index (χ1) is 35.1. The van der Waals surface area contributed by atoms with E-state index in [-0.39, 0.29) is 66.3 Å². The van der Waals surface area contributed by atoms with Gasteiger partial charge in [-0.1, -0.05) is 30.2 Å². The molecule has 6 fully saturated rings. The van der Waals surface area contributed by atoms with E-state index in [0.29, 0.717) is 23.2 Å². The summed E-state index contributed by atoms with van der Waals surface area (Å²) in [4.78, 5) is 60.8. The Morgan fingerprint density at radius 2 is 1.62 bits per heavy atom. The van der Waals surface area contributed by atoms with Crippen LogP contribution in [0.1, 0.15) is 93.2 Å². The molecule has 2 aromatic heterocycles. The van der Waals surface area contributed by atoms with Crippen LogP contribution in [-0.2, 0) is 20.9 Å². The van der Waals surface area contributed by atoms with E-state index in [9.17, 15) is 24.6 Å². The molecule has 0 radical (unpaired) electrons. The van der Waals surface area contributed by atoms with Crippen LogP contribution < -0.4 is 31.1 Å². The average Bonchev–Trinajstić information content (AvgIpc) is 3.82. The highest BCUT2D eigenvalue weighted by Crippen LogP contribution is 2.55. The molecule has 6 N–H and O–H groups in total. The molecule has 2 saturated carbocycles. The van der Waals surface area contributed by atoms with Crippen molar-refractivity contribution in [2.24, 2.45) is 17.3 Å². The maximum absolute atomic E-state index is 14.5. The first kappa shape index (κ1) is 47.9. The van der Waals surface area contributed by atoms with Crippen molar-refractivity contribution in [3.8, 4) is 29.4 Å². The Kier molecular flexibility index (Phi) is 13.7. The third kappa shape index (κ3) is 9.93. The number of nitrogens with zero attached hydrogens (tertiary/aromatic N) is 8. The van der Waals surface area contributed by atoms with Gasteiger partial charge in [0.2, 0.25) is 23.7 Å². The lowest BCUT2D eigenvalue weighted by atomic mass is 9.56. The molecule has 3 amide bonds. The number of aromatic hydroxyl groups is 1. The highest BCUT2D eigenvalue weighted by atomic mass is 16.3. The van der Waals surface area contributed by atoms with E-state index in [1.165, 1.54) is 23.3 Å². The van der Waals surface area contributed by atoms with Crippen molar-refractivity contribution >= 4 is 35.2 Å². The molecule has 5 aliphatic heterocycles. The maximum Gasteiger partial charge on any atom is 0.246 e. The van der Waals surface area contributed by atoms with Gasteiger partial charge in [-0.25, -0.2) is 9.97 Å². The second kappa shape index (κ2) is 20.6. The van der Waals surface area contributed by atoms with Gasteiger partial charge in [-0.05, 0) is 149 Å². The van der Waals surface area contributed by atoms with E-state index in [1.807, 2.05) is 54.9 Å². The van der Waals surface area contributed by atoms with Crippen molar-refractivity contribution < 1.29 is 24.6 Å². The highest BCUT2D eigenvalue weighted by molar-refractivity contribution is 5.93. The number of fused-ring (bicyclic) bond motifs is 3. The number of terminal acetylenes is 1. The number of phenolic OH excluding ortho intramolecular Hbond substituents is 1. The molecule has 7 heterocycles. The Hall–Kier alpha value is -6.35. The highest BCUT2D eigenvalue weighted by Gasteiger charge is 2.50. The summed E-state index contributed by atoms with van der Waals surface area (Å²) in [6, 6.07) is 15.9. The smallest absolute Gasteiger partial charge is 0.246 e. The average molecular weight is 977 g/mol. The van der Waals surface area contributed by atoms with Crippen molar-refractivity contribution in [3.63, 3.8) is 0 Å². The lowest BCUT2D eigenvalue weighted by molar-refractivity contribution is -0.144. The number of carbonyl (C=O) groups excluding carboxylic acids is 3. The number of β-amino-alcohol motifs (C(OH)–C–C–N with tert-alkyl or cyclic N) is 1. The van der Waals surface area contributed by atoms with Crippen LogP contribution >= 0.6 is 0 Å². The molecule has 17 nitrogen and oxygen atoms in total. The van der Waals surface area contributed by atoms with Crippen molar-refractivity contribution in [2.75, 3.05) is 74.0 Å². The molecular weight excluding hydrogens is 909 g/mol. The number of piperazine rings is 1. The molecule has 2 aliphatic carbocycles. The number of rotatable bonds is 11. The Balaban J connectivity index is 0.635. The van der Waals surface area contributed by atoms with Crippen LogP contribution in [-0.4, -0.2) is 147 Å². The SMILES string of the molecule is C#Cc1ccc(CNC(=O)[C@@H]2C[C@@H](O)CN2C(=O)[C@@H](NC(=O)C2CCC3(CC2)CC(N2CCC(c4cnc(N5CCN6c7cc(-c8ccccc8O)nnc7NC[C@H]6C5)nc4)CC2)C3)C2CCNCC2)cc1. The number of aliphatic hydroxyl groups is 1. The number of aromatic nitrogens is 4. The number of amides is 3. The molecule has 378 valence electrons. The number of phenols is 1. The maximum atomic E-state index is 14.5. The van der Waals surface area contributed by atoms with E-state index >= 15 is 0 Å². The van der Waals surface area contributed by atoms with Gasteiger partial charge in [0.1, 0.15) is 17.8 Å². The number of nitrogens with one attached hydrogen (secondary N) is 4. The standard InChI is InChI=1S/C55H68N12O5/c1-2-35-7-9-36(10-8-35)29-58-52(71)47-25-43(68)34-67(47)53(72)49(38-13-19-56-20-14-38)61-51(70)39-11-17-55(18-12-39)27-41(28-55)64-21-15-37(16-22-64)40-30-59-54(60-31-40)65-23-24-66-42(33-65)32-57-50-46(66)26-45(62-63-50)44-5-3-4-6-48(44)69/h1,3-10,26,30-31,37-39,41-43,47,49,56,68-69H,11-25,27-29,32-34H2,(H,57,63)(H,58,71)(H,61,70)/t39?,41?,42-,43+,47-,49-,55?/m0/s1. The number of piperidine rings is 2. The van der Waals surface area contributed by atoms with Crippen LogP contribution in [0.4, 0.5) is 17.5 Å². The zero-order valence-electron chi connectivity index (χ0n) is 41.1. The summed E-state index contributed by atoms with van der Waals surface area (Å²) in [6.07, 6.45) is 18.6. The Labute approximate surface area is 421 Å². The first-order valence-electron chi connectivity index (χ1n) is 26.4. The number of para-hydroxylation sites is 1. The quantitative estimate of drug-likeness (QED) is 0.118. The van der Waals surface area contributed by atoms with Gasteiger partial charge in [0, 0.05) is 81.2 Å². The number of hydrogen-bond acceptors (Lipinski definition) is 14. The third-order valence-electron chi connectivity index (χ3n) is 17.3. The number of benzene rings is 2. The molecular formula is C55H68N12O5. The van der Waals surface area contributed by atoms with Crippen molar-refractivity contribution in [2.45, 2.75) is 113 Å². The van der Waals surface area contributed by atoms with Gasteiger partial charge in [0.25, 0.3) is 0 Å². The predicted molar refractivity (Wildman–Crippen MR) is 274 cm³/mol. The van der Waals surface area contributed by atoms with E-state index in [1.54, 1.807) is 12.1 Å². The molecule has 72 heavy (non-hydrogen) atoms. The Morgan fingerprint density at radius 3 is 2.36 bits per heavy atom. The lowest BCUT2D eigenvalue weighted by Crippen LogP contribution is -2.58. The molecule has 1 spiro atoms. The number of carbonyl (C=O) groups is 3. The number of aliphatic hydroxyl groups excluding tert-OH is 1. The number of likely N-dealkylation sites (tertiary alicyclic amines) is 2. The van der Waals surface area contributed by atoms with Gasteiger partial charge in [-0.2, -0.15) is 0 Å². The van der Waals surface area contributed by atoms with E-state index in [0.717, 1.165) is 132 Å². The summed E-state index contributed by atoms with van der Waals surface area (Å²) in [5, 5.41) is 43.1. The van der Waals surface area contributed by atoms with Gasteiger partial charge in [-0.3, -0.25) is 14.4 Å². The molecule has 2 aromatic carbocycles. The molecule has 4 saturated heterocycles. The van der Waals surface area contributed by atoms with Crippen LogP contribution in [0, 0.1) is 29.6 Å². The summed E-state index contributed by atoms with van der Waals surface area (Å²) in [6.45, 7) is 7.13. The zero-order chi connectivity index (χ0) is 49.3. The molecule has 0 unspecified atom stereocenters. The molecule has 7 aliphatic rings. The van der Waals surface area contributed by atoms with Gasteiger partial charge in [0.15, 0.2) is 5.82 Å². The summed E-state index contributed by atoms with van der Waals surface area (Å²) in [5.74, 6) is 3.92. The van der Waals surface area contributed by atoms with Gasteiger partial charge < -0.3 is 51.1 Å². The predicted octanol–water partition coefficient (Wildman–Crippen LogP) is 4.02. The second-order valence-electron chi connectivity index (χ2n) is 21.6. The monoisotopic (exact) mass is 977 g/mol. The van der Waals surface area contributed by atoms with Crippen LogP contribution in [0.5, 0.6) is 5.75 Å². The van der Waals surface area contributed by atoms with E-state index < -0.39 is 18.2 Å². The van der Waals surface area contributed by atoms with Crippen molar-refractivity contribution in [1.82, 2.24) is 45.9 Å². The van der Waals surface area contributed by atoms with E-state index in [4.69, 9.17) is 16.4 Å². The minimum Gasteiger partial charge on any atom is -0.507 e. The first-order valence-corrected chi connectivity index (χ1v) is 26.4. The Morgan fingerprint density at radius 1 is 0.875 bits per heavy atom. The van der Waals surface area contributed by atoms with E-state index in [2.05, 4.69) is 52.1 Å². The molecule has 11 rings (SSSR count). The summed E-state index contributed by atoms with van der Waals surface area (Å²) in [5.41, 5.74) is 5.46. The Bertz CT molecular complexity index is 2630. The lowest BCUT2D eigenvalue weighted by Gasteiger charge is -2.55. The van der Waals surface area contributed by atoms with Gasteiger partial charge >= 0.3 is 0 Å². The number of anilines is 3. The van der Waals surface area contributed by atoms with Gasteiger partial charge in [-0.15, -0.1) is 16.6 Å². The van der Waals surface area contributed by atoms with Crippen LogP contribution in [0.3, 0.4) is 0 Å². The summed E-state index contributed by atoms with van der Waals surface area (Å²) in [7, 11) is 0. The number of hydrogen-bond donors (Lipinski definition) is 6.